The molecule has 0 spiro atoms. The van der Waals surface area contributed by atoms with Crippen molar-refractivity contribution in [3.63, 3.8) is 0 Å². The van der Waals surface area contributed by atoms with E-state index < -0.39 is 41.7 Å². The van der Waals surface area contributed by atoms with Crippen molar-refractivity contribution in [2.45, 2.75) is 30.8 Å². The van der Waals surface area contributed by atoms with Crippen LogP contribution in [0.4, 0.5) is 17.6 Å². The monoisotopic (exact) mass is 314 g/mol. The summed E-state index contributed by atoms with van der Waals surface area (Å²) in [7, 11) is 0. The summed E-state index contributed by atoms with van der Waals surface area (Å²) in [6.07, 6.45) is -2.23. The standard InChI is InChI=1S/C10H10F4N2O5/c1-4-2-16(7(19)15-6(4)18)10(14)9(12,13)8(11,20)5(3-17)21-10/h2,5,17,20H,3H2,1H3,(H,15,18,19)/t5-,8-,10+/m1/s1. The van der Waals surface area contributed by atoms with Crippen molar-refractivity contribution in [1.82, 2.24) is 9.55 Å². The highest BCUT2D eigenvalue weighted by molar-refractivity contribution is 5.09. The first-order valence-corrected chi connectivity index (χ1v) is 5.58. The van der Waals surface area contributed by atoms with Crippen LogP contribution in [-0.4, -0.2) is 44.3 Å². The fourth-order valence-electron chi connectivity index (χ4n) is 1.91. The molecule has 21 heavy (non-hydrogen) atoms. The molecular weight excluding hydrogens is 304 g/mol. The van der Waals surface area contributed by atoms with E-state index >= 15 is 0 Å². The Morgan fingerprint density at radius 2 is 1.95 bits per heavy atom. The van der Waals surface area contributed by atoms with Gasteiger partial charge in [0.05, 0.1) is 6.61 Å². The smallest absolute Gasteiger partial charge is 0.385 e. The van der Waals surface area contributed by atoms with Gasteiger partial charge in [-0.1, -0.05) is 0 Å². The molecule has 11 heteroatoms. The number of ether oxygens (including phenoxy) is 1. The lowest BCUT2D eigenvalue weighted by Crippen LogP contribution is -2.57. The maximum atomic E-state index is 14.5. The number of rotatable bonds is 2. The Balaban J connectivity index is 2.71. The van der Waals surface area contributed by atoms with Gasteiger partial charge in [0, 0.05) is 11.8 Å². The Kier molecular flexibility index (Phi) is 3.27. The number of aliphatic hydroxyl groups is 2. The lowest BCUT2D eigenvalue weighted by atomic mass is 10.1. The van der Waals surface area contributed by atoms with E-state index in [4.69, 9.17) is 10.2 Å². The van der Waals surface area contributed by atoms with Crippen LogP contribution in [0.3, 0.4) is 0 Å². The number of hydrogen-bond donors (Lipinski definition) is 3. The van der Waals surface area contributed by atoms with Crippen LogP contribution < -0.4 is 11.2 Å². The van der Waals surface area contributed by atoms with Gasteiger partial charge < -0.3 is 14.9 Å². The van der Waals surface area contributed by atoms with Gasteiger partial charge in [0.15, 0.2) is 6.10 Å². The van der Waals surface area contributed by atoms with Gasteiger partial charge in [0.1, 0.15) is 0 Å². The van der Waals surface area contributed by atoms with E-state index in [0.717, 1.165) is 6.92 Å². The van der Waals surface area contributed by atoms with Crippen LogP contribution in [0.2, 0.25) is 0 Å². The van der Waals surface area contributed by atoms with E-state index in [0.29, 0.717) is 6.20 Å². The van der Waals surface area contributed by atoms with Crippen molar-refractivity contribution in [2.75, 3.05) is 6.61 Å². The van der Waals surface area contributed by atoms with Crippen LogP contribution >= 0.6 is 0 Å². The summed E-state index contributed by atoms with van der Waals surface area (Å²) >= 11 is 0. The molecule has 2 rings (SSSR count). The van der Waals surface area contributed by atoms with Gasteiger partial charge in [-0.25, -0.2) is 13.8 Å². The van der Waals surface area contributed by atoms with Crippen molar-refractivity contribution in [1.29, 1.82) is 0 Å². The summed E-state index contributed by atoms with van der Waals surface area (Å²) < 4.78 is 59.4. The zero-order valence-electron chi connectivity index (χ0n) is 10.4. The second kappa shape index (κ2) is 4.39. The first-order valence-electron chi connectivity index (χ1n) is 5.58. The minimum absolute atomic E-state index is 0.333. The molecule has 0 amide bonds. The first-order chi connectivity index (χ1) is 9.49. The number of H-pyrrole nitrogens is 1. The number of hydrogen-bond acceptors (Lipinski definition) is 5. The molecule has 1 aromatic rings. The zero-order chi connectivity index (χ0) is 16.2. The minimum Gasteiger partial charge on any atom is -0.393 e. The molecule has 1 fully saturated rings. The van der Waals surface area contributed by atoms with Gasteiger partial charge >= 0.3 is 23.4 Å². The molecule has 1 saturated heterocycles. The molecule has 3 N–H and O–H groups in total. The molecule has 1 aromatic heterocycles. The van der Waals surface area contributed by atoms with Crippen LogP contribution in [-0.2, 0) is 10.7 Å². The zero-order valence-corrected chi connectivity index (χ0v) is 10.4. The summed E-state index contributed by atoms with van der Waals surface area (Å²) in [6.45, 7) is -0.387. The van der Waals surface area contributed by atoms with Crippen molar-refractivity contribution in [3.05, 3.63) is 32.6 Å². The van der Waals surface area contributed by atoms with Gasteiger partial charge in [0.2, 0.25) is 0 Å². The number of halogens is 4. The predicted octanol–water partition coefficient (Wildman–Crippen LogP) is -0.891. The maximum Gasteiger partial charge on any atom is 0.385 e. The number of aromatic amines is 1. The summed E-state index contributed by atoms with van der Waals surface area (Å²) in [5.74, 6) is -14.2. The number of nitrogens with zero attached hydrogens (tertiary/aromatic N) is 1. The molecule has 0 saturated carbocycles. The molecule has 2 heterocycles. The molecule has 1 aliphatic heterocycles. The largest absolute Gasteiger partial charge is 0.393 e. The highest BCUT2D eigenvalue weighted by atomic mass is 19.3. The molecular formula is C10H10F4N2O5. The third-order valence-corrected chi connectivity index (χ3v) is 3.15. The fourth-order valence-corrected chi connectivity index (χ4v) is 1.91. The van der Waals surface area contributed by atoms with E-state index in [1.54, 1.807) is 0 Å². The number of nitrogens with one attached hydrogen (secondary N) is 1. The third-order valence-electron chi connectivity index (χ3n) is 3.15. The minimum atomic E-state index is -5.22. The van der Waals surface area contributed by atoms with Crippen LogP contribution in [0.15, 0.2) is 15.8 Å². The molecule has 0 bridgehead atoms. The summed E-state index contributed by atoms with van der Waals surface area (Å²) in [4.78, 5) is 24.1. The Bertz CT molecular complexity index is 685. The van der Waals surface area contributed by atoms with Gasteiger partial charge in [0.25, 0.3) is 5.56 Å². The molecule has 0 radical (unpaired) electrons. The number of aromatic nitrogens is 2. The summed E-state index contributed by atoms with van der Waals surface area (Å²) in [6, 6.07) is 0. The van der Waals surface area contributed by atoms with Crippen molar-refractivity contribution < 1.29 is 32.5 Å². The second-order valence-corrected chi connectivity index (χ2v) is 4.54. The first kappa shape index (κ1) is 15.7. The molecule has 1 aliphatic rings. The third kappa shape index (κ3) is 1.84. The van der Waals surface area contributed by atoms with E-state index in [1.165, 1.54) is 4.98 Å². The quantitative estimate of drug-likeness (QED) is 0.614. The Labute approximate surface area is 113 Å². The van der Waals surface area contributed by atoms with Crippen LogP contribution in [0.25, 0.3) is 0 Å². The molecule has 7 nitrogen and oxygen atoms in total. The lowest BCUT2D eigenvalue weighted by Gasteiger charge is -2.29. The van der Waals surface area contributed by atoms with Crippen LogP contribution in [0.5, 0.6) is 0 Å². The average Bonchev–Trinajstić information content (AvgIpc) is 2.51. The van der Waals surface area contributed by atoms with Crippen LogP contribution in [0, 0.1) is 6.92 Å². The van der Waals surface area contributed by atoms with E-state index in [2.05, 4.69) is 4.74 Å². The van der Waals surface area contributed by atoms with E-state index in [1.807, 2.05) is 0 Å². The maximum absolute atomic E-state index is 14.5. The van der Waals surface area contributed by atoms with Crippen molar-refractivity contribution in [2.24, 2.45) is 0 Å². The normalized spacial score (nSPS) is 35.1. The van der Waals surface area contributed by atoms with Crippen molar-refractivity contribution >= 4 is 0 Å². The molecule has 0 aliphatic carbocycles. The fraction of sp³-hybridized carbons (Fsp3) is 0.600. The Morgan fingerprint density at radius 1 is 1.38 bits per heavy atom. The molecule has 118 valence electrons. The van der Waals surface area contributed by atoms with Gasteiger partial charge in [-0.3, -0.25) is 9.78 Å². The number of aliphatic hydroxyl groups excluding tert-OH is 1. The van der Waals surface area contributed by atoms with E-state index in [-0.39, 0.29) is 10.1 Å². The Hall–Kier alpha value is -1.72. The second-order valence-electron chi connectivity index (χ2n) is 4.54. The summed E-state index contributed by atoms with van der Waals surface area (Å²) in [5, 5.41) is 17.8. The highest BCUT2D eigenvalue weighted by Gasteiger charge is 2.81. The average molecular weight is 314 g/mol. The predicted molar refractivity (Wildman–Crippen MR) is 58.1 cm³/mol. The highest BCUT2D eigenvalue weighted by Crippen LogP contribution is 2.54. The summed E-state index contributed by atoms with van der Waals surface area (Å²) in [5.41, 5.74) is -2.93. The van der Waals surface area contributed by atoms with Gasteiger partial charge in [-0.15, -0.1) is 0 Å². The van der Waals surface area contributed by atoms with E-state index in [9.17, 15) is 27.2 Å². The molecule has 0 unspecified atom stereocenters. The van der Waals surface area contributed by atoms with Gasteiger partial charge in [-0.05, 0) is 6.92 Å². The number of aryl methyl sites for hydroxylation is 1. The van der Waals surface area contributed by atoms with Crippen LogP contribution in [0.1, 0.15) is 5.56 Å². The van der Waals surface area contributed by atoms with Gasteiger partial charge in [-0.2, -0.15) is 13.2 Å². The topological polar surface area (TPSA) is 105 Å². The Morgan fingerprint density at radius 3 is 2.43 bits per heavy atom. The van der Waals surface area contributed by atoms with Crippen molar-refractivity contribution in [3.8, 4) is 0 Å². The molecule has 0 aromatic carbocycles. The SMILES string of the molecule is Cc1cn([C@]2(F)O[C@H](CO)[C@](O)(F)C2(F)F)c(=O)[nH]c1=O. The molecule has 3 atom stereocenters. The lowest BCUT2D eigenvalue weighted by molar-refractivity contribution is -0.322. The number of alkyl halides is 4.